The van der Waals surface area contributed by atoms with Crippen LogP contribution < -0.4 is 15.5 Å². The lowest BCUT2D eigenvalue weighted by atomic mass is 10.0. The summed E-state index contributed by atoms with van der Waals surface area (Å²) >= 11 is 0. The predicted molar refractivity (Wildman–Crippen MR) is 140 cm³/mol. The molecule has 1 aliphatic heterocycles. The molecule has 1 aromatic heterocycles. The molecule has 4 rings (SSSR count). The van der Waals surface area contributed by atoms with Crippen LogP contribution in [0.3, 0.4) is 0 Å². The fourth-order valence-corrected chi connectivity index (χ4v) is 4.36. The molecule has 1 atom stereocenters. The van der Waals surface area contributed by atoms with E-state index in [1.807, 2.05) is 47.4 Å². The second-order valence-electron chi connectivity index (χ2n) is 9.13. The van der Waals surface area contributed by atoms with Crippen LogP contribution in [0.4, 0.5) is 24.7 Å². The molecule has 0 saturated carbocycles. The highest BCUT2D eigenvalue weighted by Gasteiger charge is 2.32. The zero-order chi connectivity index (χ0) is 27.0. The van der Waals surface area contributed by atoms with Crippen molar-refractivity contribution in [3.05, 3.63) is 89.6 Å². The Bertz CT molecular complexity index is 1220. The van der Waals surface area contributed by atoms with Gasteiger partial charge in [-0.25, -0.2) is 4.98 Å². The number of halogens is 3. The Labute approximate surface area is 219 Å². The maximum Gasteiger partial charge on any atom is 0.401 e. The molecule has 38 heavy (non-hydrogen) atoms. The third-order valence-electron chi connectivity index (χ3n) is 6.35. The van der Waals surface area contributed by atoms with E-state index in [1.165, 1.54) is 4.90 Å². The number of carbonyl (C=O) groups is 1. The second-order valence-corrected chi connectivity index (χ2v) is 9.13. The van der Waals surface area contributed by atoms with Gasteiger partial charge in [0.15, 0.2) is 0 Å². The molecule has 1 amide bonds. The van der Waals surface area contributed by atoms with Crippen LogP contribution in [0, 0.1) is 11.3 Å². The van der Waals surface area contributed by atoms with E-state index >= 15 is 0 Å². The topological polar surface area (TPSA) is 84.3 Å². The molecule has 2 heterocycles. The van der Waals surface area contributed by atoms with Gasteiger partial charge in [-0.15, -0.1) is 0 Å². The minimum absolute atomic E-state index is 0.230. The van der Waals surface area contributed by atoms with Gasteiger partial charge in [-0.05, 0) is 41.8 Å². The number of alkyl halides is 3. The van der Waals surface area contributed by atoms with Crippen molar-refractivity contribution >= 4 is 17.4 Å². The number of nitriles is 1. The quantitative estimate of drug-likeness (QED) is 0.439. The van der Waals surface area contributed by atoms with Gasteiger partial charge in [0.25, 0.3) is 0 Å². The largest absolute Gasteiger partial charge is 0.401 e. The van der Waals surface area contributed by atoms with Crippen LogP contribution in [0.1, 0.15) is 22.7 Å². The number of amides is 1. The molecule has 0 bridgehead atoms. The smallest absolute Gasteiger partial charge is 0.354 e. The molecule has 1 saturated heterocycles. The van der Waals surface area contributed by atoms with E-state index < -0.39 is 18.8 Å². The highest BCUT2D eigenvalue weighted by atomic mass is 19.4. The molecular weight excluding hydrogens is 493 g/mol. The molecule has 7 nitrogen and oxygen atoms in total. The number of piperazine rings is 1. The van der Waals surface area contributed by atoms with Crippen molar-refractivity contribution in [3.8, 4) is 6.07 Å². The number of aromatic nitrogens is 1. The lowest BCUT2D eigenvalue weighted by Crippen LogP contribution is -2.49. The van der Waals surface area contributed by atoms with Gasteiger partial charge in [0.2, 0.25) is 5.91 Å². The average molecular weight is 523 g/mol. The van der Waals surface area contributed by atoms with Gasteiger partial charge >= 0.3 is 6.18 Å². The summed E-state index contributed by atoms with van der Waals surface area (Å²) in [6, 6.07) is 21.8. The SMILES string of the molecule is N#Cc1ccc(CCN[C@H](C(=O)Nc2ccc(N3CCN(CC(F)(F)F)CC3)nc2)c2ccccc2)cc1. The van der Waals surface area contributed by atoms with Crippen LogP contribution in [0.25, 0.3) is 0 Å². The van der Waals surface area contributed by atoms with E-state index in [4.69, 9.17) is 5.26 Å². The lowest BCUT2D eigenvalue weighted by molar-refractivity contribution is -0.146. The number of nitrogens with one attached hydrogen (secondary N) is 2. The van der Waals surface area contributed by atoms with Crippen LogP contribution in [0.5, 0.6) is 0 Å². The molecule has 0 spiro atoms. The average Bonchev–Trinajstić information content (AvgIpc) is 2.92. The Kier molecular flexibility index (Phi) is 8.94. The molecule has 1 fully saturated rings. The number of hydrogen-bond acceptors (Lipinski definition) is 6. The number of rotatable bonds is 9. The fraction of sp³-hybridized carbons (Fsp3) is 0.321. The predicted octanol–water partition coefficient (Wildman–Crippen LogP) is 4.15. The number of anilines is 2. The number of carbonyl (C=O) groups excluding carboxylic acids is 1. The van der Waals surface area contributed by atoms with Crippen LogP contribution in [-0.4, -0.2) is 61.2 Å². The summed E-state index contributed by atoms with van der Waals surface area (Å²) in [5.41, 5.74) is 3.02. The number of hydrogen-bond donors (Lipinski definition) is 2. The maximum absolute atomic E-state index is 13.2. The van der Waals surface area contributed by atoms with Crippen molar-refractivity contribution in [1.82, 2.24) is 15.2 Å². The zero-order valence-corrected chi connectivity index (χ0v) is 20.8. The van der Waals surface area contributed by atoms with E-state index in [9.17, 15) is 18.0 Å². The molecule has 0 aliphatic carbocycles. The van der Waals surface area contributed by atoms with Gasteiger partial charge in [-0.3, -0.25) is 9.69 Å². The highest BCUT2D eigenvalue weighted by Crippen LogP contribution is 2.21. The van der Waals surface area contributed by atoms with Gasteiger partial charge in [-0.1, -0.05) is 42.5 Å². The molecule has 2 N–H and O–H groups in total. The monoisotopic (exact) mass is 522 g/mol. The maximum atomic E-state index is 13.2. The van der Waals surface area contributed by atoms with Gasteiger partial charge < -0.3 is 15.5 Å². The van der Waals surface area contributed by atoms with Crippen molar-refractivity contribution in [2.75, 3.05) is 49.5 Å². The Morgan fingerprint density at radius 3 is 2.32 bits per heavy atom. The molecule has 2 aromatic carbocycles. The number of pyridine rings is 1. The van der Waals surface area contributed by atoms with Gasteiger partial charge in [0, 0.05) is 32.7 Å². The first kappa shape index (κ1) is 27.1. The third-order valence-corrected chi connectivity index (χ3v) is 6.35. The Hall–Kier alpha value is -3.94. The summed E-state index contributed by atoms with van der Waals surface area (Å²) in [6.07, 6.45) is -1.95. The molecule has 0 radical (unpaired) electrons. The minimum atomic E-state index is -4.20. The molecule has 1 aliphatic rings. The van der Waals surface area contributed by atoms with Crippen molar-refractivity contribution in [2.24, 2.45) is 0 Å². The Morgan fingerprint density at radius 2 is 1.71 bits per heavy atom. The molecule has 0 unspecified atom stereocenters. The van der Waals surface area contributed by atoms with Crippen LogP contribution in [0.15, 0.2) is 72.9 Å². The summed E-state index contributed by atoms with van der Waals surface area (Å²) in [7, 11) is 0. The third kappa shape index (κ3) is 7.78. The Morgan fingerprint density at radius 1 is 1.00 bits per heavy atom. The minimum Gasteiger partial charge on any atom is -0.354 e. The molecule has 10 heteroatoms. The zero-order valence-electron chi connectivity index (χ0n) is 20.8. The van der Waals surface area contributed by atoms with Gasteiger partial charge in [-0.2, -0.15) is 18.4 Å². The normalized spacial score (nSPS) is 15.1. The van der Waals surface area contributed by atoms with Gasteiger partial charge in [0.1, 0.15) is 11.9 Å². The van der Waals surface area contributed by atoms with Crippen molar-refractivity contribution in [3.63, 3.8) is 0 Å². The second kappa shape index (κ2) is 12.5. The first-order chi connectivity index (χ1) is 18.3. The Balaban J connectivity index is 1.34. The van der Waals surface area contributed by atoms with Gasteiger partial charge in [0.05, 0.1) is 30.1 Å². The van der Waals surface area contributed by atoms with Crippen molar-refractivity contribution < 1.29 is 18.0 Å². The van der Waals surface area contributed by atoms with E-state index in [1.54, 1.807) is 30.5 Å². The first-order valence-electron chi connectivity index (χ1n) is 12.4. The molecule has 198 valence electrons. The summed E-state index contributed by atoms with van der Waals surface area (Å²) in [5, 5.41) is 15.2. The summed E-state index contributed by atoms with van der Waals surface area (Å²) in [5.74, 6) is 0.432. The van der Waals surface area contributed by atoms with E-state index in [-0.39, 0.29) is 5.91 Å². The van der Waals surface area contributed by atoms with Crippen molar-refractivity contribution in [2.45, 2.75) is 18.6 Å². The van der Waals surface area contributed by atoms with E-state index in [0.717, 1.165) is 11.1 Å². The highest BCUT2D eigenvalue weighted by molar-refractivity contribution is 5.95. The standard InChI is InChI=1S/C28H29F3N6O/c29-28(30,31)20-36-14-16-37(17-15-36)25-11-10-24(19-34-25)35-27(38)26(23-4-2-1-3-5-23)33-13-12-21-6-8-22(18-32)9-7-21/h1-11,19,26,33H,12-17,20H2,(H,35,38)/t26-/m0/s1. The fourth-order valence-electron chi connectivity index (χ4n) is 4.36. The van der Waals surface area contributed by atoms with E-state index in [0.29, 0.717) is 56.2 Å². The van der Waals surface area contributed by atoms with Crippen LogP contribution in [-0.2, 0) is 11.2 Å². The van der Waals surface area contributed by atoms with E-state index in [2.05, 4.69) is 21.7 Å². The summed E-state index contributed by atoms with van der Waals surface area (Å²) in [6.45, 7) is 1.18. The summed E-state index contributed by atoms with van der Waals surface area (Å²) in [4.78, 5) is 21.0. The van der Waals surface area contributed by atoms with Crippen LogP contribution >= 0.6 is 0 Å². The molecular formula is C28H29F3N6O. The summed E-state index contributed by atoms with van der Waals surface area (Å²) < 4.78 is 37.9. The number of benzene rings is 2. The first-order valence-corrected chi connectivity index (χ1v) is 12.4. The van der Waals surface area contributed by atoms with Crippen LogP contribution in [0.2, 0.25) is 0 Å². The van der Waals surface area contributed by atoms with Crippen molar-refractivity contribution in [1.29, 1.82) is 5.26 Å². The molecule has 3 aromatic rings. The lowest BCUT2D eigenvalue weighted by Gasteiger charge is -2.35. The number of nitrogens with zero attached hydrogens (tertiary/aromatic N) is 4.